The predicted molar refractivity (Wildman–Crippen MR) is 59.6 cm³/mol. The number of aromatic nitrogens is 1. The molecule has 1 aromatic heterocycles. The minimum atomic E-state index is -0.427. The topological polar surface area (TPSA) is 26.0 Å². The van der Waals surface area contributed by atoms with E-state index in [0.29, 0.717) is 22.2 Å². The molecule has 2 rings (SSSR count). The summed E-state index contributed by atoms with van der Waals surface area (Å²) in [6.07, 6.45) is 0. The maximum atomic E-state index is 13.5. The van der Waals surface area contributed by atoms with Crippen LogP contribution in [0.5, 0.6) is 0 Å². The van der Waals surface area contributed by atoms with Crippen LogP contribution in [0.1, 0.15) is 5.69 Å². The number of hydrogen-bond acceptors (Lipinski definition) is 3. The lowest BCUT2D eigenvalue weighted by Crippen LogP contribution is -1.83. The van der Waals surface area contributed by atoms with E-state index in [-0.39, 0.29) is 5.56 Å². The average molecular weight is 244 g/mol. The van der Waals surface area contributed by atoms with Gasteiger partial charge in [0.1, 0.15) is 5.82 Å². The molecule has 0 spiro atoms. The van der Waals surface area contributed by atoms with Crippen LogP contribution in [0, 0.1) is 5.82 Å². The average Bonchev–Trinajstić information content (AvgIpc) is 2.66. The highest BCUT2D eigenvalue weighted by atomic mass is 35.5. The predicted octanol–water partition coefficient (Wildman–Crippen LogP) is 3.56. The quantitative estimate of drug-likeness (QED) is 0.817. The molecular formula is C10H7ClFNOS. The summed E-state index contributed by atoms with van der Waals surface area (Å²) in [5.41, 5.74) is 0.882. The van der Waals surface area contributed by atoms with Crippen LogP contribution in [-0.4, -0.2) is 5.16 Å². The van der Waals surface area contributed by atoms with Gasteiger partial charge >= 0.3 is 0 Å². The van der Waals surface area contributed by atoms with E-state index in [4.69, 9.17) is 16.1 Å². The molecular weight excluding hydrogens is 237 g/mol. The van der Waals surface area contributed by atoms with E-state index in [1.807, 2.05) is 0 Å². The minimum Gasteiger partial charge on any atom is -0.356 e. The zero-order valence-corrected chi connectivity index (χ0v) is 9.23. The molecule has 0 amide bonds. The van der Waals surface area contributed by atoms with Gasteiger partial charge in [-0.3, -0.25) is 0 Å². The van der Waals surface area contributed by atoms with E-state index in [1.54, 1.807) is 12.1 Å². The lowest BCUT2D eigenvalue weighted by atomic mass is 10.1. The Bertz CT molecular complexity index is 466. The molecule has 5 heteroatoms. The van der Waals surface area contributed by atoms with Crippen LogP contribution < -0.4 is 0 Å². The summed E-state index contributed by atoms with van der Waals surface area (Å²) in [5, 5.41) is 4.02. The van der Waals surface area contributed by atoms with Crippen LogP contribution in [-0.2, 0) is 5.75 Å². The molecule has 0 N–H and O–H groups in total. The van der Waals surface area contributed by atoms with E-state index in [0.717, 1.165) is 0 Å². The molecule has 0 fully saturated rings. The highest BCUT2D eigenvalue weighted by Gasteiger charge is 2.14. The maximum Gasteiger partial charge on any atom is 0.171 e. The Kier molecular flexibility index (Phi) is 2.98. The number of halogens is 2. The van der Waals surface area contributed by atoms with Gasteiger partial charge < -0.3 is 4.52 Å². The summed E-state index contributed by atoms with van der Waals surface area (Å²) in [6.45, 7) is 0. The number of rotatable bonds is 2. The zero-order valence-electron chi connectivity index (χ0n) is 7.58. The van der Waals surface area contributed by atoms with Crippen molar-refractivity contribution in [2.45, 2.75) is 5.75 Å². The lowest BCUT2D eigenvalue weighted by molar-refractivity contribution is 0.424. The smallest absolute Gasteiger partial charge is 0.171 e. The van der Waals surface area contributed by atoms with E-state index in [1.165, 1.54) is 12.1 Å². The Morgan fingerprint density at radius 1 is 1.47 bits per heavy atom. The normalized spacial score (nSPS) is 10.6. The van der Waals surface area contributed by atoms with E-state index in [2.05, 4.69) is 17.8 Å². The SMILES string of the molecule is Fc1cccc(Cl)c1-c1cc(CS)no1. The molecule has 0 aliphatic heterocycles. The molecule has 0 atom stereocenters. The molecule has 2 nitrogen and oxygen atoms in total. The molecule has 0 aliphatic carbocycles. The van der Waals surface area contributed by atoms with Crippen molar-refractivity contribution in [3.63, 3.8) is 0 Å². The molecule has 15 heavy (non-hydrogen) atoms. The Hall–Kier alpha value is -1.00. The van der Waals surface area contributed by atoms with Crippen LogP contribution in [0.4, 0.5) is 4.39 Å². The molecule has 2 aromatic rings. The lowest BCUT2D eigenvalue weighted by Gasteiger charge is -1.99. The third-order valence-electron chi connectivity index (χ3n) is 1.93. The van der Waals surface area contributed by atoms with E-state index in [9.17, 15) is 4.39 Å². The van der Waals surface area contributed by atoms with Crippen molar-refractivity contribution >= 4 is 24.2 Å². The largest absolute Gasteiger partial charge is 0.356 e. The van der Waals surface area contributed by atoms with Gasteiger partial charge in [-0.1, -0.05) is 22.8 Å². The third kappa shape index (κ3) is 2.01. The van der Waals surface area contributed by atoms with Crippen molar-refractivity contribution in [1.82, 2.24) is 5.16 Å². The summed E-state index contributed by atoms with van der Waals surface area (Å²) in [6, 6.07) is 6.08. The fourth-order valence-corrected chi connectivity index (χ4v) is 1.64. The molecule has 0 unspecified atom stereocenters. The second-order valence-corrected chi connectivity index (χ2v) is 3.66. The Labute approximate surface area is 96.4 Å². The fourth-order valence-electron chi connectivity index (χ4n) is 1.24. The van der Waals surface area contributed by atoms with Gasteiger partial charge in [-0.15, -0.1) is 0 Å². The van der Waals surface area contributed by atoms with Crippen LogP contribution in [0.15, 0.2) is 28.8 Å². The number of benzene rings is 1. The van der Waals surface area contributed by atoms with Gasteiger partial charge in [0.15, 0.2) is 5.76 Å². The monoisotopic (exact) mass is 243 g/mol. The Morgan fingerprint density at radius 2 is 2.27 bits per heavy atom. The van der Waals surface area contributed by atoms with Crippen LogP contribution in [0.2, 0.25) is 5.02 Å². The second kappa shape index (κ2) is 4.24. The van der Waals surface area contributed by atoms with Gasteiger partial charge in [0.25, 0.3) is 0 Å². The van der Waals surface area contributed by atoms with Crippen molar-refractivity contribution in [3.8, 4) is 11.3 Å². The number of nitrogens with zero attached hydrogens (tertiary/aromatic N) is 1. The number of thiol groups is 1. The summed E-state index contributed by atoms with van der Waals surface area (Å²) in [4.78, 5) is 0. The van der Waals surface area contributed by atoms with Crippen LogP contribution >= 0.6 is 24.2 Å². The van der Waals surface area contributed by atoms with Gasteiger partial charge in [-0.25, -0.2) is 4.39 Å². The first-order valence-electron chi connectivity index (χ1n) is 4.23. The van der Waals surface area contributed by atoms with E-state index < -0.39 is 5.82 Å². The first-order chi connectivity index (χ1) is 7.22. The first-order valence-corrected chi connectivity index (χ1v) is 5.24. The van der Waals surface area contributed by atoms with Gasteiger partial charge in [-0.2, -0.15) is 12.6 Å². The molecule has 1 aromatic carbocycles. The Morgan fingerprint density at radius 3 is 2.87 bits per heavy atom. The second-order valence-electron chi connectivity index (χ2n) is 2.94. The van der Waals surface area contributed by atoms with Gasteiger partial charge in [0.05, 0.1) is 16.3 Å². The van der Waals surface area contributed by atoms with Crippen molar-refractivity contribution in [2.75, 3.05) is 0 Å². The van der Waals surface area contributed by atoms with Gasteiger partial charge in [0.2, 0.25) is 0 Å². The summed E-state index contributed by atoms with van der Waals surface area (Å²) in [5.74, 6) is 0.335. The van der Waals surface area contributed by atoms with Gasteiger partial charge in [0, 0.05) is 11.8 Å². The highest BCUT2D eigenvalue weighted by Crippen LogP contribution is 2.30. The van der Waals surface area contributed by atoms with Crippen molar-refractivity contribution in [2.24, 2.45) is 0 Å². The third-order valence-corrected chi connectivity index (χ3v) is 2.57. The van der Waals surface area contributed by atoms with Crippen molar-refractivity contribution in [1.29, 1.82) is 0 Å². The fraction of sp³-hybridized carbons (Fsp3) is 0.100. The molecule has 1 heterocycles. The minimum absolute atomic E-state index is 0.236. The Balaban J connectivity index is 2.53. The van der Waals surface area contributed by atoms with Crippen molar-refractivity contribution in [3.05, 3.63) is 40.8 Å². The molecule has 0 aliphatic rings. The van der Waals surface area contributed by atoms with E-state index >= 15 is 0 Å². The molecule has 0 saturated heterocycles. The summed E-state index contributed by atoms with van der Waals surface area (Å²) >= 11 is 9.91. The van der Waals surface area contributed by atoms with Crippen molar-refractivity contribution < 1.29 is 8.91 Å². The van der Waals surface area contributed by atoms with Crippen LogP contribution in [0.25, 0.3) is 11.3 Å². The molecule has 78 valence electrons. The summed E-state index contributed by atoms with van der Waals surface area (Å²) in [7, 11) is 0. The van der Waals surface area contributed by atoms with Crippen LogP contribution in [0.3, 0.4) is 0 Å². The maximum absolute atomic E-state index is 13.5. The summed E-state index contributed by atoms with van der Waals surface area (Å²) < 4.78 is 18.4. The zero-order chi connectivity index (χ0) is 10.8. The first kappa shape index (κ1) is 10.5. The standard InChI is InChI=1S/C10H7ClFNOS/c11-7-2-1-3-8(12)10(7)9-4-6(5-15)13-14-9/h1-4,15H,5H2. The molecule has 0 saturated carbocycles. The number of hydrogen-bond donors (Lipinski definition) is 1. The molecule has 0 bridgehead atoms. The molecule has 0 radical (unpaired) electrons. The van der Waals surface area contributed by atoms with Gasteiger partial charge in [-0.05, 0) is 12.1 Å². The highest BCUT2D eigenvalue weighted by molar-refractivity contribution is 7.79.